The lowest BCUT2D eigenvalue weighted by molar-refractivity contribution is 0.0966. The Morgan fingerprint density at radius 2 is 1.83 bits per heavy atom. The van der Waals surface area contributed by atoms with Gasteiger partial charge in [0.25, 0.3) is 0 Å². The van der Waals surface area contributed by atoms with Crippen LogP contribution in [-0.4, -0.2) is 5.78 Å². The topological polar surface area (TPSA) is 40.9 Å². The average Bonchev–Trinajstić information content (AvgIpc) is 2.46. The van der Waals surface area contributed by atoms with E-state index in [1.165, 1.54) is 0 Å². The molecule has 0 bridgehead atoms. The fraction of sp³-hybridized carbons (Fsp3) is 0.125. The molecule has 2 heteroatoms. The standard InChI is InChI=1S/C16H13NO/c1-12(15-9-5-6-13(10-15)11-17)16(18)14-7-3-2-4-8-14/h2-10,12H,1H3/t12-/m0/s1. The van der Waals surface area contributed by atoms with Crippen LogP contribution in [0, 0.1) is 11.3 Å². The zero-order valence-corrected chi connectivity index (χ0v) is 10.1. The minimum atomic E-state index is -0.235. The van der Waals surface area contributed by atoms with Gasteiger partial charge in [-0.2, -0.15) is 5.26 Å². The molecule has 0 fully saturated rings. The van der Waals surface area contributed by atoms with Crippen LogP contribution in [0.25, 0.3) is 0 Å². The maximum atomic E-state index is 12.3. The van der Waals surface area contributed by atoms with Crippen molar-refractivity contribution in [2.24, 2.45) is 0 Å². The lowest BCUT2D eigenvalue weighted by Gasteiger charge is -2.11. The molecule has 88 valence electrons. The highest BCUT2D eigenvalue weighted by atomic mass is 16.1. The monoisotopic (exact) mass is 235 g/mol. The van der Waals surface area contributed by atoms with Crippen molar-refractivity contribution in [1.82, 2.24) is 0 Å². The smallest absolute Gasteiger partial charge is 0.170 e. The summed E-state index contributed by atoms with van der Waals surface area (Å²) in [6, 6.07) is 18.5. The van der Waals surface area contributed by atoms with Gasteiger partial charge >= 0.3 is 0 Å². The van der Waals surface area contributed by atoms with Crippen LogP contribution in [0.5, 0.6) is 0 Å². The number of benzene rings is 2. The first kappa shape index (κ1) is 12.1. The first-order valence-electron chi connectivity index (χ1n) is 5.81. The van der Waals surface area contributed by atoms with E-state index >= 15 is 0 Å². The van der Waals surface area contributed by atoms with E-state index in [1.807, 2.05) is 49.4 Å². The molecule has 0 aromatic heterocycles. The van der Waals surface area contributed by atoms with Crippen LogP contribution in [0.1, 0.15) is 34.3 Å². The third-order valence-electron chi connectivity index (χ3n) is 2.97. The number of hydrogen-bond acceptors (Lipinski definition) is 2. The lowest BCUT2D eigenvalue weighted by atomic mass is 9.91. The number of Topliss-reactive ketones (excluding diaryl/α,β-unsaturated/α-hetero) is 1. The minimum Gasteiger partial charge on any atom is -0.294 e. The first-order chi connectivity index (χ1) is 8.72. The zero-order chi connectivity index (χ0) is 13.0. The summed E-state index contributed by atoms with van der Waals surface area (Å²) in [6.07, 6.45) is 0. The Kier molecular flexibility index (Phi) is 3.54. The predicted molar refractivity (Wildman–Crippen MR) is 70.3 cm³/mol. The summed E-state index contributed by atoms with van der Waals surface area (Å²) >= 11 is 0. The van der Waals surface area contributed by atoms with Crippen molar-refractivity contribution in [3.63, 3.8) is 0 Å². The normalized spacial score (nSPS) is 11.6. The summed E-state index contributed by atoms with van der Waals surface area (Å²) in [5, 5.41) is 8.86. The van der Waals surface area contributed by atoms with E-state index in [1.54, 1.807) is 12.1 Å². The van der Waals surface area contributed by atoms with Crippen molar-refractivity contribution in [3.8, 4) is 6.07 Å². The minimum absolute atomic E-state index is 0.0747. The summed E-state index contributed by atoms with van der Waals surface area (Å²) in [6.45, 7) is 1.87. The van der Waals surface area contributed by atoms with Gasteiger partial charge in [-0.3, -0.25) is 4.79 Å². The molecule has 0 radical (unpaired) electrons. The van der Waals surface area contributed by atoms with Gasteiger partial charge in [-0.05, 0) is 17.7 Å². The highest BCUT2D eigenvalue weighted by Gasteiger charge is 2.16. The molecule has 0 heterocycles. The quantitative estimate of drug-likeness (QED) is 0.763. The summed E-state index contributed by atoms with van der Waals surface area (Å²) in [4.78, 5) is 12.3. The van der Waals surface area contributed by atoms with Gasteiger partial charge in [-0.15, -0.1) is 0 Å². The molecule has 0 aliphatic rings. The van der Waals surface area contributed by atoms with Crippen LogP contribution in [0.2, 0.25) is 0 Å². The molecule has 0 amide bonds. The Morgan fingerprint density at radius 1 is 1.11 bits per heavy atom. The highest BCUT2D eigenvalue weighted by Crippen LogP contribution is 2.21. The fourth-order valence-corrected chi connectivity index (χ4v) is 1.88. The van der Waals surface area contributed by atoms with Gasteiger partial charge in [0.05, 0.1) is 11.6 Å². The summed E-state index contributed by atoms with van der Waals surface area (Å²) < 4.78 is 0. The molecular formula is C16H13NO. The van der Waals surface area contributed by atoms with E-state index in [9.17, 15) is 4.79 Å². The number of carbonyl (C=O) groups excluding carboxylic acids is 1. The lowest BCUT2D eigenvalue weighted by Crippen LogP contribution is -2.09. The Bertz CT molecular complexity index is 596. The van der Waals surface area contributed by atoms with Gasteiger partial charge in [0.2, 0.25) is 0 Å². The van der Waals surface area contributed by atoms with Crippen molar-refractivity contribution < 1.29 is 4.79 Å². The molecule has 0 N–H and O–H groups in total. The van der Waals surface area contributed by atoms with E-state index in [-0.39, 0.29) is 11.7 Å². The number of hydrogen-bond donors (Lipinski definition) is 0. The molecule has 2 nitrogen and oxygen atoms in total. The molecule has 0 unspecified atom stereocenters. The van der Waals surface area contributed by atoms with E-state index in [2.05, 4.69) is 6.07 Å². The summed E-state index contributed by atoms with van der Waals surface area (Å²) in [7, 11) is 0. The van der Waals surface area contributed by atoms with Crippen molar-refractivity contribution in [2.75, 3.05) is 0 Å². The van der Waals surface area contributed by atoms with Crippen LogP contribution in [0.15, 0.2) is 54.6 Å². The van der Waals surface area contributed by atoms with Gasteiger partial charge in [-0.25, -0.2) is 0 Å². The van der Waals surface area contributed by atoms with Crippen LogP contribution < -0.4 is 0 Å². The molecule has 2 rings (SSSR count). The van der Waals surface area contributed by atoms with E-state index in [0.717, 1.165) is 5.56 Å². The Balaban J connectivity index is 2.29. The molecule has 2 aromatic carbocycles. The molecule has 0 aliphatic heterocycles. The second-order valence-electron chi connectivity index (χ2n) is 4.19. The van der Waals surface area contributed by atoms with Crippen molar-refractivity contribution >= 4 is 5.78 Å². The summed E-state index contributed by atoms with van der Waals surface area (Å²) in [5.74, 6) is -0.161. The number of carbonyl (C=O) groups is 1. The third kappa shape index (κ3) is 2.46. The molecular weight excluding hydrogens is 222 g/mol. The number of nitriles is 1. The number of nitrogens with zero attached hydrogens (tertiary/aromatic N) is 1. The summed E-state index contributed by atoms with van der Waals surface area (Å²) in [5.41, 5.74) is 2.16. The Morgan fingerprint density at radius 3 is 2.50 bits per heavy atom. The van der Waals surface area contributed by atoms with Crippen LogP contribution in [0.4, 0.5) is 0 Å². The van der Waals surface area contributed by atoms with Crippen molar-refractivity contribution in [1.29, 1.82) is 5.26 Å². The van der Waals surface area contributed by atoms with Gasteiger partial charge in [-0.1, -0.05) is 49.4 Å². The predicted octanol–water partition coefficient (Wildman–Crippen LogP) is 3.54. The fourth-order valence-electron chi connectivity index (χ4n) is 1.88. The average molecular weight is 235 g/mol. The van der Waals surface area contributed by atoms with Gasteiger partial charge in [0, 0.05) is 11.5 Å². The Labute approximate surface area is 107 Å². The van der Waals surface area contributed by atoms with Crippen molar-refractivity contribution in [2.45, 2.75) is 12.8 Å². The molecule has 0 saturated carbocycles. The molecule has 2 aromatic rings. The first-order valence-corrected chi connectivity index (χ1v) is 5.81. The third-order valence-corrected chi connectivity index (χ3v) is 2.97. The van der Waals surface area contributed by atoms with Crippen LogP contribution >= 0.6 is 0 Å². The maximum Gasteiger partial charge on any atom is 0.170 e. The van der Waals surface area contributed by atoms with Gasteiger partial charge < -0.3 is 0 Å². The van der Waals surface area contributed by atoms with E-state index < -0.39 is 0 Å². The van der Waals surface area contributed by atoms with Crippen molar-refractivity contribution in [3.05, 3.63) is 71.3 Å². The largest absolute Gasteiger partial charge is 0.294 e. The van der Waals surface area contributed by atoms with Crippen LogP contribution in [-0.2, 0) is 0 Å². The molecule has 0 spiro atoms. The molecule has 0 aliphatic carbocycles. The van der Waals surface area contributed by atoms with Crippen LogP contribution in [0.3, 0.4) is 0 Å². The Hall–Kier alpha value is -2.40. The van der Waals surface area contributed by atoms with Gasteiger partial charge in [0.15, 0.2) is 5.78 Å². The number of ketones is 1. The molecule has 0 saturated heterocycles. The SMILES string of the molecule is C[C@H](C(=O)c1ccccc1)c1cccc(C#N)c1. The van der Waals surface area contributed by atoms with E-state index in [0.29, 0.717) is 11.1 Å². The van der Waals surface area contributed by atoms with E-state index in [4.69, 9.17) is 5.26 Å². The van der Waals surface area contributed by atoms with Gasteiger partial charge in [0.1, 0.15) is 0 Å². The second kappa shape index (κ2) is 5.29. The molecule has 1 atom stereocenters. The number of rotatable bonds is 3. The zero-order valence-electron chi connectivity index (χ0n) is 10.1. The second-order valence-corrected chi connectivity index (χ2v) is 4.19. The molecule has 18 heavy (non-hydrogen) atoms. The maximum absolute atomic E-state index is 12.3. The highest BCUT2D eigenvalue weighted by molar-refractivity contribution is 6.00.